The van der Waals surface area contributed by atoms with E-state index in [1.165, 1.54) is 12.1 Å². The van der Waals surface area contributed by atoms with Gasteiger partial charge in [0.15, 0.2) is 0 Å². The molecule has 1 N–H and O–H groups in total. The van der Waals surface area contributed by atoms with Crippen LogP contribution in [0.3, 0.4) is 0 Å². The van der Waals surface area contributed by atoms with Crippen molar-refractivity contribution in [3.8, 4) is 17.6 Å². The molecule has 130 valence electrons. The smallest absolute Gasteiger partial charge is 0.241 e. The van der Waals surface area contributed by atoms with Gasteiger partial charge >= 0.3 is 0 Å². The second-order valence-electron chi connectivity index (χ2n) is 5.02. The molecule has 0 saturated carbocycles. The van der Waals surface area contributed by atoms with Crippen molar-refractivity contribution in [2.75, 3.05) is 13.2 Å². The number of hydrogen-bond acceptors (Lipinski definition) is 3. The summed E-state index contributed by atoms with van der Waals surface area (Å²) in [5, 5.41) is 0.362. The summed E-state index contributed by atoms with van der Waals surface area (Å²) in [6.07, 6.45) is 2.52. The van der Waals surface area contributed by atoms with Gasteiger partial charge in [-0.05, 0) is 36.2 Å². The number of benzene rings is 2. The number of ether oxygens (including phenoxy) is 1. The molecule has 0 unspecified atom stereocenters. The molecule has 0 atom stereocenters. The number of sulfonamides is 1. The first-order valence-electron chi connectivity index (χ1n) is 7.55. The lowest BCUT2D eigenvalue weighted by atomic mass is 10.1. The van der Waals surface area contributed by atoms with Crippen molar-refractivity contribution in [1.82, 2.24) is 4.72 Å². The maximum Gasteiger partial charge on any atom is 0.241 e. The number of para-hydroxylation sites is 1. The standard InChI is InChI=1S/C19H18ClNO3S/c1-2-8-16-9-3-4-12-19(16)24-14-6-5-13-21-25(22,23)18-11-7-10-17(20)15-18/h2-4,7,9-12,15,21H,1,8,13-14H2. The van der Waals surface area contributed by atoms with Gasteiger partial charge in [0.1, 0.15) is 12.4 Å². The molecule has 0 aliphatic rings. The third kappa shape index (κ3) is 5.95. The lowest BCUT2D eigenvalue weighted by molar-refractivity contribution is 0.366. The van der Waals surface area contributed by atoms with Crippen LogP contribution in [0.5, 0.6) is 5.75 Å². The number of nitrogens with one attached hydrogen (secondary N) is 1. The molecular weight excluding hydrogens is 358 g/mol. The fourth-order valence-electron chi connectivity index (χ4n) is 2.04. The Morgan fingerprint density at radius 3 is 2.72 bits per heavy atom. The minimum Gasteiger partial charge on any atom is -0.481 e. The Morgan fingerprint density at radius 2 is 1.96 bits per heavy atom. The molecule has 0 radical (unpaired) electrons. The molecule has 0 spiro atoms. The molecule has 0 aliphatic carbocycles. The van der Waals surface area contributed by atoms with Gasteiger partial charge in [-0.15, -0.1) is 6.58 Å². The van der Waals surface area contributed by atoms with Gasteiger partial charge in [0.05, 0.1) is 11.4 Å². The topological polar surface area (TPSA) is 55.4 Å². The molecule has 2 aromatic rings. The van der Waals surface area contributed by atoms with Gasteiger partial charge in [0.25, 0.3) is 0 Å². The molecule has 4 nitrogen and oxygen atoms in total. The summed E-state index contributed by atoms with van der Waals surface area (Å²) in [4.78, 5) is 0.108. The highest BCUT2D eigenvalue weighted by Gasteiger charge is 2.12. The second-order valence-corrected chi connectivity index (χ2v) is 7.23. The Kier molecular flexibility index (Phi) is 7.08. The number of rotatable bonds is 7. The zero-order chi connectivity index (χ0) is 18.1. The van der Waals surface area contributed by atoms with Gasteiger partial charge in [-0.25, -0.2) is 8.42 Å². The van der Waals surface area contributed by atoms with Crippen molar-refractivity contribution < 1.29 is 13.2 Å². The van der Waals surface area contributed by atoms with Crippen LogP contribution in [-0.4, -0.2) is 21.6 Å². The van der Waals surface area contributed by atoms with Crippen LogP contribution in [0.15, 0.2) is 66.1 Å². The third-order valence-corrected chi connectivity index (χ3v) is 4.85. The van der Waals surface area contributed by atoms with E-state index in [0.717, 1.165) is 11.3 Å². The zero-order valence-corrected chi connectivity index (χ0v) is 15.1. The summed E-state index contributed by atoms with van der Waals surface area (Å²) in [6.45, 7) is 3.88. The van der Waals surface area contributed by atoms with Gasteiger partial charge in [-0.2, -0.15) is 4.72 Å². The van der Waals surface area contributed by atoms with Crippen molar-refractivity contribution in [2.24, 2.45) is 0 Å². The summed E-state index contributed by atoms with van der Waals surface area (Å²) in [6, 6.07) is 13.7. The Balaban J connectivity index is 1.86. The fraction of sp³-hybridized carbons (Fsp3) is 0.158. The van der Waals surface area contributed by atoms with Gasteiger partial charge in [0.2, 0.25) is 10.0 Å². The summed E-state index contributed by atoms with van der Waals surface area (Å²) < 4.78 is 32.2. The summed E-state index contributed by atoms with van der Waals surface area (Å²) in [5.74, 6) is 6.26. The van der Waals surface area contributed by atoms with Gasteiger partial charge < -0.3 is 4.74 Å². The van der Waals surface area contributed by atoms with Crippen LogP contribution in [-0.2, 0) is 16.4 Å². The van der Waals surface area contributed by atoms with E-state index in [2.05, 4.69) is 23.1 Å². The monoisotopic (exact) mass is 375 g/mol. The quantitative estimate of drug-likeness (QED) is 0.596. The fourth-order valence-corrected chi connectivity index (χ4v) is 3.27. The van der Waals surface area contributed by atoms with Crippen molar-refractivity contribution in [3.63, 3.8) is 0 Å². The van der Waals surface area contributed by atoms with Crippen LogP contribution in [0.4, 0.5) is 0 Å². The molecule has 0 bridgehead atoms. The van der Waals surface area contributed by atoms with Crippen LogP contribution in [0, 0.1) is 11.8 Å². The maximum absolute atomic E-state index is 12.1. The van der Waals surface area contributed by atoms with Crippen molar-refractivity contribution >= 4 is 21.6 Å². The van der Waals surface area contributed by atoms with E-state index in [4.69, 9.17) is 16.3 Å². The van der Waals surface area contributed by atoms with Crippen molar-refractivity contribution in [3.05, 3.63) is 71.8 Å². The maximum atomic E-state index is 12.1. The second kappa shape index (κ2) is 9.28. The molecule has 0 saturated heterocycles. The minimum absolute atomic E-state index is 0.00743. The first-order chi connectivity index (χ1) is 12.0. The average molecular weight is 376 g/mol. The summed E-state index contributed by atoms with van der Waals surface area (Å²) >= 11 is 5.80. The average Bonchev–Trinajstić information content (AvgIpc) is 2.59. The normalized spacial score (nSPS) is 10.6. The Labute approximate surface area is 153 Å². The highest BCUT2D eigenvalue weighted by Crippen LogP contribution is 2.18. The van der Waals surface area contributed by atoms with Gasteiger partial charge in [0, 0.05) is 5.02 Å². The van der Waals surface area contributed by atoms with Crippen LogP contribution in [0.2, 0.25) is 5.02 Å². The van der Waals surface area contributed by atoms with E-state index in [1.807, 2.05) is 24.3 Å². The molecule has 0 fully saturated rings. The largest absolute Gasteiger partial charge is 0.481 e. The molecule has 0 heterocycles. The molecule has 0 aliphatic heterocycles. The van der Waals surface area contributed by atoms with Crippen LogP contribution in [0.1, 0.15) is 5.56 Å². The van der Waals surface area contributed by atoms with E-state index in [9.17, 15) is 8.42 Å². The predicted octanol–water partition coefficient (Wildman–Crippen LogP) is 3.43. The molecule has 25 heavy (non-hydrogen) atoms. The van der Waals surface area contributed by atoms with Crippen LogP contribution < -0.4 is 9.46 Å². The summed E-state index contributed by atoms with van der Waals surface area (Å²) in [5.41, 5.74) is 1.03. The SMILES string of the molecule is C=CCc1ccccc1OCC#CCNS(=O)(=O)c1cccc(Cl)c1. The molecule has 2 aromatic carbocycles. The molecule has 0 amide bonds. The predicted molar refractivity (Wildman–Crippen MR) is 100 cm³/mol. The van der Waals surface area contributed by atoms with E-state index >= 15 is 0 Å². The Morgan fingerprint density at radius 1 is 1.16 bits per heavy atom. The highest BCUT2D eigenvalue weighted by atomic mass is 35.5. The molecule has 2 rings (SSSR count). The van der Waals surface area contributed by atoms with E-state index in [0.29, 0.717) is 11.4 Å². The summed E-state index contributed by atoms with van der Waals surface area (Å²) in [7, 11) is -3.63. The van der Waals surface area contributed by atoms with E-state index in [-0.39, 0.29) is 18.0 Å². The lowest BCUT2D eigenvalue weighted by Crippen LogP contribution is -2.24. The van der Waals surface area contributed by atoms with Gasteiger partial charge in [-0.3, -0.25) is 0 Å². The number of hydrogen-bond donors (Lipinski definition) is 1. The van der Waals surface area contributed by atoms with Crippen molar-refractivity contribution in [1.29, 1.82) is 0 Å². The number of halogens is 1. The van der Waals surface area contributed by atoms with E-state index in [1.54, 1.807) is 18.2 Å². The highest BCUT2D eigenvalue weighted by molar-refractivity contribution is 7.89. The van der Waals surface area contributed by atoms with Crippen LogP contribution >= 0.6 is 11.6 Å². The third-order valence-electron chi connectivity index (χ3n) is 3.22. The molecule has 6 heteroatoms. The van der Waals surface area contributed by atoms with Gasteiger partial charge in [-0.1, -0.05) is 53.8 Å². The lowest BCUT2D eigenvalue weighted by Gasteiger charge is -2.07. The minimum atomic E-state index is -3.63. The number of allylic oxidation sites excluding steroid dienone is 1. The zero-order valence-electron chi connectivity index (χ0n) is 13.5. The molecule has 0 aromatic heterocycles. The molecular formula is C19H18ClNO3S. The van der Waals surface area contributed by atoms with Crippen molar-refractivity contribution in [2.45, 2.75) is 11.3 Å². The van der Waals surface area contributed by atoms with E-state index < -0.39 is 10.0 Å². The van der Waals surface area contributed by atoms with Crippen LogP contribution in [0.25, 0.3) is 0 Å². The Bertz CT molecular complexity index is 898. The first-order valence-corrected chi connectivity index (χ1v) is 9.41. The Hall–Kier alpha value is -2.26. The first kappa shape index (κ1) is 19.1.